The Bertz CT molecular complexity index is 322. The van der Waals surface area contributed by atoms with E-state index in [0.29, 0.717) is 11.3 Å². The maximum absolute atomic E-state index is 10.8. The zero-order valence-corrected chi connectivity index (χ0v) is 8.80. The summed E-state index contributed by atoms with van der Waals surface area (Å²) in [7, 11) is 0. The predicted octanol–water partition coefficient (Wildman–Crippen LogP) is 1.33. The fraction of sp³-hybridized carbons (Fsp3) is 0.556. The van der Waals surface area contributed by atoms with Gasteiger partial charge in [-0.1, -0.05) is 6.92 Å². The highest BCUT2D eigenvalue weighted by Gasteiger charge is 2.16. The molecule has 0 unspecified atom stereocenters. The van der Waals surface area contributed by atoms with Gasteiger partial charge in [0.2, 0.25) is 0 Å². The number of aromatic nitrogens is 1. The van der Waals surface area contributed by atoms with Gasteiger partial charge in [0.1, 0.15) is 0 Å². The van der Waals surface area contributed by atoms with Gasteiger partial charge >= 0.3 is 5.97 Å². The van der Waals surface area contributed by atoms with Crippen LogP contribution in [-0.4, -0.2) is 27.8 Å². The summed E-state index contributed by atoms with van der Waals surface area (Å²) < 4.78 is 0. The number of carboxylic acids is 1. The Morgan fingerprint density at radius 2 is 2.21 bits per heavy atom. The first kappa shape index (κ1) is 11.1. The van der Waals surface area contributed by atoms with Gasteiger partial charge in [-0.05, 0) is 12.8 Å². The summed E-state index contributed by atoms with van der Waals surface area (Å²) in [4.78, 5) is 15.5. The van der Waals surface area contributed by atoms with Crippen LogP contribution in [0.1, 0.15) is 33.7 Å². The number of aromatic carboxylic acids is 1. The van der Waals surface area contributed by atoms with Crippen LogP contribution in [0.25, 0.3) is 0 Å². The van der Waals surface area contributed by atoms with Crippen molar-refractivity contribution < 1.29 is 15.0 Å². The van der Waals surface area contributed by atoms with Gasteiger partial charge in [0.15, 0.2) is 5.69 Å². The van der Waals surface area contributed by atoms with E-state index in [0.717, 1.165) is 17.8 Å². The summed E-state index contributed by atoms with van der Waals surface area (Å²) in [5, 5.41) is 18.4. The highest BCUT2D eigenvalue weighted by Crippen LogP contribution is 2.20. The van der Waals surface area contributed by atoms with E-state index < -0.39 is 5.97 Å². The first-order valence-electron chi connectivity index (χ1n) is 4.51. The SMILES string of the molecule is CCCc1nc(C(=O)O)c(CCO)s1. The van der Waals surface area contributed by atoms with Crippen LogP contribution in [0.4, 0.5) is 0 Å². The Labute approximate surface area is 86.2 Å². The lowest BCUT2D eigenvalue weighted by Crippen LogP contribution is -2.02. The number of rotatable bonds is 5. The molecule has 78 valence electrons. The van der Waals surface area contributed by atoms with Crippen LogP contribution in [-0.2, 0) is 12.8 Å². The number of aryl methyl sites for hydroxylation is 1. The molecule has 0 aliphatic heterocycles. The Morgan fingerprint density at radius 1 is 1.50 bits per heavy atom. The smallest absolute Gasteiger partial charge is 0.355 e. The van der Waals surface area contributed by atoms with Gasteiger partial charge in [0.25, 0.3) is 0 Å². The fourth-order valence-electron chi connectivity index (χ4n) is 1.16. The maximum atomic E-state index is 10.8. The van der Waals surface area contributed by atoms with E-state index in [4.69, 9.17) is 10.2 Å². The quantitative estimate of drug-likeness (QED) is 0.777. The predicted molar refractivity (Wildman–Crippen MR) is 53.9 cm³/mol. The Morgan fingerprint density at radius 3 is 2.71 bits per heavy atom. The number of aliphatic hydroxyl groups is 1. The summed E-state index contributed by atoms with van der Waals surface area (Å²) in [6.07, 6.45) is 2.13. The van der Waals surface area contributed by atoms with Crippen molar-refractivity contribution in [3.63, 3.8) is 0 Å². The molecule has 4 nitrogen and oxygen atoms in total. The third kappa shape index (κ3) is 2.52. The minimum Gasteiger partial charge on any atom is -0.476 e. The molecule has 0 spiro atoms. The monoisotopic (exact) mass is 215 g/mol. The molecule has 1 rings (SSSR count). The number of carbonyl (C=O) groups is 1. The zero-order chi connectivity index (χ0) is 10.6. The van der Waals surface area contributed by atoms with E-state index >= 15 is 0 Å². The summed E-state index contributed by atoms with van der Waals surface area (Å²) >= 11 is 1.39. The number of hydrogen-bond acceptors (Lipinski definition) is 4. The summed E-state index contributed by atoms with van der Waals surface area (Å²) in [6, 6.07) is 0. The van der Waals surface area contributed by atoms with Crippen LogP contribution in [0.15, 0.2) is 0 Å². The molecular formula is C9H13NO3S. The third-order valence-corrected chi connectivity index (χ3v) is 2.92. The van der Waals surface area contributed by atoms with Gasteiger partial charge < -0.3 is 10.2 Å². The Balaban J connectivity index is 2.93. The average Bonchev–Trinajstić information content (AvgIpc) is 2.49. The van der Waals surface area contributed by atoms with Gasteiger partial charge in [0.05, 0.1) is 5.01 Å². The number of hydrogen-bond donors (Lipinski definition) is 2. The van der Waals surface area contributed by atoms with Crippen molar-refractivity contribution in [3.8, 4) is 0 Å². The van der Waals surface area contributed by atoms with Crippen molar-refractivity contribution in [2.45, 2.75) is 26.2 Å². The fourth-order valence-corrected chi connectivity index (χ4v) is 2.31. The highest BCUT2D eigenvalue weighted by atomic mass is 32.1. The second kappa shape index (κ2) is 5.07. The first-order chi connectivity index (χ1) is 6.69. The van der Waals surface area contributed by atoms with Crippen LogP contribution in [0.3, 0.4) is 0 Å². The van der Waals surface area contributed by atoms with E-state index in [1.165, 1.54) is 11.3 Å². The summed E-state index contributed by atoms with van der Waals surface area (Å²) in [6.45, 7) is 1.99. The second-order valence-electron chi connectivity index (χ2n) is 2.91. The number of aliphatic hydroxyl groups excluding tert-OH is 1. The lowest BCUT2D eigenvalue weighted by atomic mass is 10.3. The molecule has 0 aromatic carbocycles. The van der Waals surface area contributed by atoms with Crippen LogP contribution in [0, 0.1) is 0 Å². The third-order valence-electron chi connectivity index (χ3n) is 1.75. The average molecular weight is 215 g/mol. The largest absolute Gasteiger partial charge is 0.476 e. The molecule has 0 radical (unpaired) electrons. The molecule has 0 aliphatic carbocycles. The minimum absolute atomic E-state index is 0.0337. The molecule has 14 heavy (non-hydrogen) atoms. The molecule has 1 aromatic heterocycles. The molecule has 2 N–H and O–H groups in total. The minimum atomic E-state index is -1.01. The molecule has 0 saturated heterocycles. The molecule has 1 aromatic rings. The van der Waals surface area contributed by atoms with Crippen LogP contribution >= 0.6 is 11.3 Å². The van der Waals surface area contributed by atoms with Gasteiger partial charge in [-0.25, -0.2) is 9.78 Å². The second-order valence-corrected chi connectivity index (χ2v) is 4.08. The van der Waals surface area contributed by atoms with Crippen molar-refractivity contribution in [3.05, 3.63) is 15.6 Å². The van der Waals surface area contributed by atoms with Crippen molar-refractivity contribution in [2.75, 3.05) is 6.61 Å². The van der Waals surface area contributed by atoms with Crippen LogP contribution in [0.2, 0.25) is 0 Å². The Kier molecular flexibility index (Phi) is 4.03. The van der Waals surface area contributed by atoms with E-state index in [1.54, 1.807) is 0 Å². The molecule has 5 heteroatoms. The molecule has 0 saturated carbocycles. The zero-order valence-electron chi connectivity index (χ0n) is 7.99. The molecule has 0 atom stereocenters. The normalized spacial score (nSPS) is 10.4. The van der Waals surface area contributed by atoms with E-state index in [-0.39, 0.29) is 12.3 Å². The molecule has 0 fully saturated rings. The molecular weight excluding hydrogens is 202 g/mol. The summed E-state index contributed by atoms with van der Waals surface area (Å²) in [5.41, 5.74) is 0.104. The van der Waals surface area contributed by atoms with Gasteiger partial charge in [-0.3, -0.25) is 0 Å². The number of nitrogens with zero attached hydrogens (tertiary/aromatic N) is 1. The van der Waals surface area contributed by atoms with Crippen molar-refractivity contribution in [1.82, 2.24) is 4.98 Å². The van der Waals surface area contributed by atoms with E-state index in [2.05, 4.69) is 4.98 Å². The molecule has 0 bridgehead atoms. The lowest BCUT2D eigenvalue weighted by Gasteiger charge is -1.92. The summed E-state index contributed by atoms with van der Waals surface area (Å²) in [5.74, 6) is -1.01. The number of thiazole rings is 1. The van der Waals surface area contributed by atoms with Gasteiger partial charge in [0, 0.05) is 17.9 Å². The van der Waals surface area contributed by atoms with Crippen molar-refractivity contribution in [2.24, 2.45) is 0 Å². The van der Waals surface area contributed by atoms with E-state index in [9.17, 15) is 4.79 Å². The van der Waals surface area contributed by atoms with Gasteiger partial charge in [-0.15, -0.1) is 11.3 Å². The molecule has 0 aliphatic rings. The number of carboxylic acid groups (broad SMARTS) is 1. The Hall–Kier alpha value is -0.940. The lowest BCUT2D eigenvalue weighted by molar-refractivity contribution is 0.0690. The standard InChI is InChI=1S/C9H13NO3S/c1-2-3-7-10-8(9(12)13)6(14-7)4-5-11/h11H,2-5H2,1H3,(H,12,13). The topological polar surface area (TPSA) is 70.4 Å². The van der Waals surface area contributed by atoms with E-state index in [1.807, 2.05) is 6.92 Å². The van der Waals surface area contributed by atoms with Crippen molar-refractivity contribution in [1.29, 1.82) is 0 Å². The van der Waals surface area contributed by atoms with Crippen LogP contribution in [0.5, 0.6) is 0 Å². The van der Waals surface area contributed by atoms with Crippen molar-refractivity contribution >= 4 is 17.3 Å². The first-order valence-corrected chi connectivity index (χ1v) is 5.33. The maximum Gasteiger partial charge on any atom is 0.355 e. The van der Waals surface area contributed by atoms with Crippen LogP contribution < -0.4 is 0 Å². The van der Waals surface area contributed by atoms with Gasteiger partial charge in [-0.2, -0.15) is 0 Å². The molecule has 0 amide bonds. The molecule has 1 heterocycles. The highest BCUT2D eigenvalue weighted by molar-refractivity contribution is 7.11.